The molecule has 11 heteroatoms. The van der Waals surface area contributed by atoms with Crippen molar-refractivity contribution in [3.8, 4) is 5.75 Å². The lowest BCUT2D eigenvalue weighted by Gasteiger charge is -2.34. The normalized spacial score (nSPS) is 22.5. The SMILES string of the molecule is CN(C(=O)Oc1ccc(Cl)nc1)[C@H]1CN(C(=O)C2CCN(C(=O)C3(C)CC3)CC2)C[C@@H]1c1ccc(Cl)c(Cl)c1. The summed E-state index contributed by atoms with van der Waals surface area (Å²) in [5, 5.41) is 1.15. The van der Waals surface area contributed by atoms with E-state index in [2.05, 4.69) is 4.98 Å². The molecule has 0 bridgehead atoms. The lowest BCUT2D eigenvalue weighted by atomic mass is 9.93. The highest BCUT2D eigenvalue weighted by Gasteiger charge is 2.48. The molecule has 0 spiro atoms. The first-order valence-electron chi connectivity index (χ1n) is 13.1. The molecule has 3 aliphatic rings. The minimum Gasteiger partial charge on any atom is -0.409 e. The highest BCUT2D eigenvalue weighted by atomic mass is 35.5. The van der Waals surface area contributed by atoms with Gasteiger partial charge in [0.1, 0.15) is 5.15 Å². The van der Waals surface area contributed by atoms with Crippen molar-refractivity contribution in [1.82, 2.24) is 19.7 Å². The summed E-state index contributed by atoms with van der Waals surface area (Å²) >= 11 is 18.3. The van der Waals surface area contributed by atoms with E-state index < -0.39 is 6.09 Å². The highest BCUT2D eigenvalue weighted by molar-refractivity contribution is 6.42. The number of ether oxygens (including phenoxy) is 1. The van der Waals surface area contributed by atoms with Gasteiger partial charge in [0.2, 0.25) is 11.8 Å². The van der Waals surface area contributed by atoms with E-state index in [4.69, 9.17) is 39.5 Å². The number of aromatic nitrogens is 1. The number of benzene rings is 1. The number of nitrogens with zero attached hydrogens (tertiary/aromatic N) is 4. The van der Waals surface area contributed by atoms with Crippen molar-refractivity contribution in [2.45, 2.75) is 44.6 Å². The summed E-state index contributed by atoms with van der Waals surface area (Å²) in [6, 6.07) is 8.16. The molecule has 5 rings (SSSR count). The summed E-state index contributed by atoms with van der Waals surface area (Å²) in [4.78, 5) is 48.7. The maximum atomic E-state index is 13.7. The fourth-order valence-electron chi connectivity index (χ4n) is 5.53. The van der Waals surface area contributed by atoms with Gasteiger partial charge < -0.3 is 19.4 Å². The molecule has 2 saturated heterocycles. The Bertz CT molecular complexity index is 1260. The van der Waals surface area contributed by atoms with E-state index in [1.165, 1.54) is 11.1 Å². The topological polar surface area (TPSA) is 83.1 Å². The van der Waals surface area contributed by atoms with Crippen molar-refractivity contribution < 1.29 is 19.1 Å². The summed E-state index contributed by atoms with van der Waals surface area (Å²) < 4.78 is 5.53. The smallest absolute Gasteiger partial charge is 0.409 e. The molecule has 39 heavy (non-hydrogen) atoms. The number of halogens is 3. The number of likely N-dealkylation sites (N-methyl/N-ethyl adjacent to an activating group) is 1. The summed E-state index contributed by atoms with van der Waals surface area (Å²) in [7, 11) is 1.66. The Morgan fingerprint density at radius 2 is 1.72 bits per heavy atom. The molecule has 1 aromatic heterocycles. The third-order valence-electron chi connectivity index (χ3n) is 8.31. The third kappa shape index (κ3) is 5.98. The van der Waals surface area contributed by atoms with Gasteiger partial charge in [-0.2, -0.15) is 0 Å². The number of likely N-dealkylation sites (tertiary alicyclic amines) is 2. The average Bonchev–Trinajstić information content (AvgIpc) is 3.53. The zero-order valence-electron chi connectivity index (χ0n) is 21.9. The van der Waals surface area contributed by atoms with Crippen LogP contribution < -0.4 is 4.74 Å². The summed E-state index contributed by atoms with van der Waals surface area (Å²) in [5.74, 6) is 0.184. The van der Waals surface area contributed by atoms with Crippen LogP contribution in [0.2, 0.25) is 15.2 Å². The maximum absolute atomic E-state index is 13.7. The van der Waals surface area contributed by atoms with E-state index >= 15 is 0 Å². The molecule has 3 amide bonds. The fraction of sp³-hybridized carbons (Fsp3) is 0.500. The van der Waals surface area contributed by atoms with E-state index in [0.29, 0.717) is 54.2 Å². The fourth-order valence-corrected chi connectivity index (χ4v) is 5.95. The Kier molecular flexibility index (Phi) is 8.00. The number of hydrogen-bond acceptors (Lipinski definition) is 5. The molecule has 8 nitrogen and oxygen atoms in total. The first-order chi connectivity index (χ1) is 18.6. The van der Waals surface area contributed by atoms with E-state index in [0.717, 1.165) is 18.4 Å². The van der Waals surface area contributed by atoms with Gasteiger partial charge in [-0.05, 0) is 55.5 Å². The Labute approximate surface area is 243 Å². The van der Waals surface area contributed by atoms with Crippen LogP contribution in [0.4, 0.5) is 4.79 Å². The molecule has 208 valence electrons. The Morgan fingerprint density at radius 3 is 2.33 bits per heavy atom. The molecule has 0 unspecified atom stereocenters. The van der Waals surface area contributed by atoms with Crippen LogP contribution >= 0.6 is 34.8 Å². The average molecular weight is 594 g/mol. The molecule has 2 aromatic rings. The molecule has 1 aliphatic carbocycles. The van der Waals surface area contributed by atoms with Crippen molar-refractivity contribution in [1.29, 1.82) is 0 Å². The lowest BCUT2D eigenvalue weighted by Crippen LogP contribution is -2.46. The Hall–Kier alpha value is -2.55. The molecular weight excluding hydrogens is 563 g/mol. The van der Waals surface area contributed by atoms with Crippen molar-refractivity contribution in [3.05, 3.63) is 57.3 Å². The van der Waals surface area contributed by atoms with Gasteiger partial charge in [0.05, 0.1) is 22.3 Å². The Balaban J connectivity index is 1.30. The van der Waals surface area contributed by atoms with Crippen LogP contribution in [0.3, 0.4) is 0 Å². The first kappa shape index (κ1) is 28.0. The standard InChI is InChI=1S/C28H31Cl3N4O4/c1-28(9-10-28)26(37)34-11-7-17(8-12-34)25(36)35-15-20(18-3-5-21(29)22(30)13-18)23(16-35)33(2)27(38)39-19-4-6-24(31)32-14-19/h3-6,13-14,17,20,23H,7-12,15-16H2,1-2H3/t20-,23+/m1/s1. The second-order valence-corrected chi connectivity index (χ2v) is 12.2. The summed E-state index contributed by atoms with van der Waals surface area (Å²) in [6.07, 6.45) is 3.99. The number of hydrogen-bond donors (Lipinski definition) is 0. The predicted molar refractivity (Wildman–Crippen MR) is 149 cm³/mol. The second-order valence-electron chi connectivity index (χ2n) is 11.0. The first-order valence-corrected chi connectivity index (χ1v) is 14.3. The van der Waals surface area contributed by atoms with Crippen molar-refractivity contribution in [2.24, 2.45) is 11.3 Å². The van der Waals surface area contributed by atoms with Crippen molar-refractivity contribution in [2.75, 3.05) is 33.2 Å². The number of rotatable bonds is 5. The van der Waals surface area contributed by atoms with Gasteiger partial charge >= 0.3 is 6.09 Å². The zero-order valence-corrected chi connectivity index (χ0v) is 24.2. The summed E-state index contributed by atoms with van der Waals surface area (Å²) in [5.41, 5.74) is 0.684. The third-order valence-corrected chi connectivity index (χ3v) is 9.27. The van der Waals surface area contributed by atoms with E-state index in [1.54, 1.807) is 31.3 Å². The number of pyridine rings is 1. The molecule has 2 aliphatic heterocycles. The number of amides is 3. The van der Waals surface area contributed by atoms with Gasteiger partial charge in [-0.3, -0.25) is 9.59 Å². The lowest BCUT2D eigenvalue weighted by molar-refractivity contribution is -0.142. The second kappa shape index (κ2) is 11.1. The Morgan fingerprint density at radius 1 is 1.00 bits per heavy atom. The molecule has 1 saturated carbocycles. The van der Waals surface area contributed by atoms with Gasteiger partial charge in [-0.25, -0.2) is 9.78 Å². The van der Waals surface area contributed by atoms with Crippen molar-refractivity contribution >= 4 is 52.7 Å². The highest BCUT2D eigenvalue weighted by Crippen LogP contribution is 2.47. The van der Waals surface area contributed by atoms with Gasteiger partial charge in [-0.15, -0.1) is 0 Å². The number of carbonyl (C=O) groups excluding carboxylic acids is 3. The molecule has 0 N–H and O–H groups in total. The quantitative estimate of drug-likeness (QED) is 0.427. The minimum atomic E-state index is -0.566. The van der Waals surface area contributed by atoms with Gasteiger partial charge in [0.25, 0.3) is 0 Å². The largest absolute Gasteiger partial charge is 0.415 e. The van der Waals surface area contributed by atoms with E-state index in [9.17, 15) is 14.4 Å². The molecule has 3 fully saturated rings. The molecule has 1 aromatic carbocycles. The molecule has 2 atom stereocenters. The van der Waals surface area contributed by atoms with Gasteiger partial charge in [0.15, 0.2) is 5.75 Å². The van der Waals surface area contributed by atoms with Crippen molar-refractivity contribution in [3.63, 3.8) is 0 Å². The molecule has 3 heterocycles. The maximum Gasteiger partial charge on any atom is 0.415 e. The van der Waals surface area contributed by atoms with Gasteiger partial charge in [-0.1, -0.05) is 47.8 Å². The minimum absolute atomic E-state index is 0.0518. The molecule has 0 radical (unpaired) electrons. The molecular formula is C28H31Cl3N4O4. The van der Waals surface area contributed by atoms with Crippen LogP contribution in [0.25, 0.3) is 0 Å². The van der Waals surface area contributed by atoms with Crippen LogP contribution in [0.1, 0.15) is 44.1 Å². The van der Waals surface area contributed by atoms with E-state index in [1.807, 2.05) is 22.8 Å². The predicted octanol–water partition coefficient (Wildman–Crippen LogP) is 5.51. The van der Waals surface area contributed by atoms with Crippen LogP contribution in [0.15, 0.2) is 36.5 Å². The van der Waals surface area contributed by atoms with Crippen LogP contribution in [0.5, 0.6) is 5.75 Å². The van der Waals surface area contributed by atoms with Crippen LogP contribution in [0, 0.1) is 11.3 Å². The van der Waals surface area contributed by atoms with Crippen LogP contribution in [-0.2, 0) is 9.59 Å². The van der Waals surface area contributed by atoms with Gasteiger partial charge in [0, 0.05) is 50.5 Å². The summed E-state index contributed by atoms with van der Waals surface area (Å²) in [6.45, 7) is 3.99. The van der Waals surface area contributed by atoms with E-state index in [-0.39, 0.29) is 40.9 Å². The monoisotopic (exact) mass is 592 g/mol. The van der Waals surface area contributed by atoms with Crippen LogP contribution in [-0.4, -0.2) is 76.9 Å². The number of carbonyl (C=O) groups is 3. The number of piperidine rings is 1. The zero-order chi connectivity index (χ0) is 27.9.